The van der Waals surface area contributed by atoms with Crippen LogP contribution in [0, 0.1) is 0 Å². The van der Waals surface area contributed by atoms with Crippen LogP contribution in [0.3, 0.4) is 0 Å². The summed E-state index contributed by atoms with van der Waals surface area (Å²) in [5.41, 5.74) is 0.844. The molecule has 1 atom stereocenters. The summed E-state index contributed by atoms with van der Waals surface area (Å²) in [6.45, 7) is 3.74. The number of fused-ring (bicyclic) bond motifs is 1. The molecule has 3 rings (SSSR count). The van der Waals surface area contributed by atoms with Crippen LogP contribution in [-0.4, -0.2) is 59.4 Å². The van der Waals surface area contributed by atoms with Gasteiger partial charge in [-0.2, -0.15) is 4.31 Å². The molecule has 1 saturated heterocycles. The maximum absolute atomic E-state index is 12.5. The zero-order valence-electron chi connectivity index (χ0n) is 15.3. The minimum atomic E-state index is -3.33. The van der Waals surface area contributed by atoms with Gasteiger partial charge in [-0.15, -0.1) is 0 Å². The van der Waals surface area contributed by atoms with Gasteiger partial charge < -0.3 is 9.88 Å². The minimum Gasteiger partial charge on any atom is -0.342 e. The standard InChI is InChI=1S/C17H26N4O4S/c1-3-5-15(22)20-8-4-6-12(10-20)16-18-14-7-9-21(26(2,24)25)11-13(14)17(23)19-16/h12H,3-11H2,1-2H3,(H,18,19,23)/t12-/m0/s1. The van der Waals surface area contributed by atoms with Crippen molar-refractivity contribution >= 4 is 15.9 Å². The van der Waals surface area contributed by atoms with Crippen molar-refractivity contribution in [1.82, 2.24) is 19.2 Å². The molecule has 2 aliphatic rings. The number of likely N-dealkylation sites (tertiary alicyclic amines) is 1. The maximum Gasteiger partial charge on any atom is 0.255 e. The molecule has 0 bridgehead atoms. The van der Waals surface area contributed by atoms with Gasteiger partial charge in [0.2, 0.25) is 15.9 Å². The lowest BCUT2D eigenvalue weighted by molar-refractivity contribution is -0.132. The molecule has 0 aliphatic carbocycles. The van der Waals surface area contributed by atoms with E-state index in [2.05, 4.69) is 9.97 Å². The number of piperidine rings is 1. The summed E-state index contributed by atoms with van der Waals surface area (Å²) in [5, 5.41) is 0. The Morgan fingerprint density at radius 2 is 2.12 bits per heavy atom. The monoisotopic (exact) mass is 382 g/mol. The molecule has 0 aromatic carbocycles. The Balaban J connectivity index is 1.82. The Morgan fingerprint density at radius 1 is 1.35 bits per heavy atom. The van der Waals surface area contributed by atoms with Crippen molar-refractivity contribution in [2.75, 3.05) is 25.9 Å². The minimum absolute atomic E-state index is 0.0236. The fourth-order valence-corrected chi connectivity index (χ4v) is 4.48. The van der Waals surface area contributed by atoms with E-state index < -0.39 is 10.0 Å². The maximum atomic E-state index is 12.5. The van der Waals surface area contributed by atoms with Crippen LogP contribution in [-0.2, 0) is 27.8 Å². The molecule has 3 heterocycles. The second kappa shape index (κ2) is 7.48. The number of sulfonamides is 1. The van der Waals surface area contributed by atoms with Gasteiger partial charge in [-0.1, -0.05) is 6.92 Å². The van der Waals surface area contributed by atoms with Gasteiger partial charge in [0.1, 0.15) is 5.82 Å². The fourth-order valence-electron chi connectivity index (χ4n) is 3.69. The van der Waals surface area contributed by atoms with Gasteiger partial charge in [-0.05, 0) is 19.3 Å². The third-order valence-corrected chi connectivity index (χ3v) is 6.40. The van der Waals surface area contributed by atoms with E-state index in [1.165, 1.54) is 4.31 Å². The molecule has 0 saturated carbocycles. The van der Waals surface area contributed by atoms with Gasteiger partial charge in [-0.25, -0.2) is 13.4 Å². The first-order chi connectivity index (χ1) is 12.3. The molecular weight excluding hydrogens is 356 g/mol. The molecule has 1 aromatic rings. The van der Waals surface area contributed by atoms with Crippen molar-refractivity contribution in [2.24, 2.45) is 0 Å². The van der Waals surface area contributed by atoms with Crippen LogP contribution < -0.4 is 5.56 Å². The predicted molar refractivity (Wildman–Crippen MR) is 97.3 cm³/mol. The number of H-pyrrole nitrogens is 1. The molecule has 144 valence electrons. The third kappa shape index (κ3) is 3.98. The number of hydrogen-bond acceptors (Lipinski definition) is 5. The first kappa shape index (κ1) is 19.0. The van der Waals surface area contributed by atoms with Crippen molar-refractivity contribution < 1.29 is 13.2 Å². The number of aromatic amines is 1. The van der Waals surface area contributed by atoms with Crippen LogP contribution in [0.4, 0.5) is 0 Å². The largest absolute Gasteiger partial charge is 0.342 e. The quantitative estimate of drug-likeness (QED) is 0.821. The van der Waals surface area contributed by atoms with Gasteiger partial charge in [0.05, 0.1) is 17.5 Å². The van der Waals surface area contributed by atoms with E-state index in [-0.39, 0.29) is 23.9 Å². The summed E-state index contributed by atoms with van der Waals surface area (Å²) >= 11 is 0. The Labute approximate surface area is 153 Å². The SMILES string of the molecule is CCCC(=O)N1CCC[C@H](c2nc3c(c(=O)[nH]2)CN(S(C)(=O)=O)CC3)C1. The molecule has 26 heavy (non-hydrogen) atoms. The van der Waals surface area contributed by atoms with Gasteiger partial charge in [0.25, 0.3) is 5.56 Å². The van der Waals surface area contributed by atoms with Crippen LogP contribution in [0.1, 0.15) is 55.6 Å². The Kier molecular flexibility index (Phi) is 5.47. The van der Waals surface area contributed by atoms with Gasteiger partial charge >= 0.3 is 0 Å². The van der Waals surface area contributed by atoms with E-state index in [0.29, 0.717) is 43.0 Å². The third-order valence-electron chi connectivity index (χ3n) is 5.15. The lowest BCUT2D eigenvalue weighted by atomic mass is 9.96. The number of hydrogen-bond donors (Lipinski definition) is 1. The zero-order valence-corrected chi connectivity index (χ0v) is 16.1. The normalized spacial score (nSPS) is 21.5. The van der Waals surface area contributed by atoms with E-state index in [9.17, 15) is 18.0 Å². The highest BCUT2D eigenvalue weighted by Crippen LogP contribution is 2.26. The summed E-state index contributed by atoms with van der Waals surface area (Å²) in [4.78, 5) is 34.0. The number of carbonyl (C=O) groups is 1. The number of carbonyl (C=O) groups excluding carboxylic acids is 1. The highest BCUT2D eigenvalue weighted by atomic mass is 32.2. The van der Waals surface area contributed by atoms with E-state index in [0.717, 1.165) is 32.1 Å². The molecule has 8 nitrogen and oxygen atoms in total. The van der Waals surface area contributed by atoms with Crippen molar-refractivity contribution in [1.29, 1.82) is 0 Å². The molecule has 1 N–H and O–H groups in total. The lowest BCUT2D eigenvalue weighted by Gasteiger charge is -2.33. The van der Waals surface area contributed by atoms with Crippen molar-refractivity contribution in [2.45, 2.75) is 51.5 Å². The number of aromatic nitrogens is 2. The zero-order chi connectivity index (χ0) is 18.9. The molecule has 1 fully saturated rings. The smallest absolute Gasteiger partial charge is 0.255 e. The number of rotatable bonds is 4. The van der Waals surface area contributed by atoms with Crippen LogP contribution in [0.15, 0.2) is 4.79 Å². The molecule has 2 aliphatic heterocycles. The Morgan fingerprint density at radius 3 is 2.81 bits per heavy atom. The highest BCUT2D eigenvalue weighted by Gasteiger charge is 2.30. The van der Waals surface area contributed by atoms with Crippen LogP contribution in [0.25, 0.3) is 0 Å². The summed E-state index contributed by atoms with van der Waals surface area (Å²) in [6, 6.07) is 0. The molecular formula is C17H26N4O4S. The number of nitrogens with one attached hydrogen (secondary N) is 1. The van der Waals surface area contributed by atoms with E-state index in [1.807, 2.05) is 11.8 Å². The Hall–Kier alpha value is -1.74. The summed E-state index contributed by atoms with van der Waals surface area (Å²) in [7, 11) is -3.33. The topological polar surface area (TPSA) is 103 Å². The van der Waals surface area contributed by atoms with E-state index >= 15 is 0 Å². The summed E-state index contributed by atoms with van der Waals surface area (Å²) in [5.74, 6) is 0.798. The van der Waals surface area contributed by atoms with Crippen LogP contribution >= 0.6 is 0 Å². The summed E-state index contributed by atoms with van der Waals surface area (Å²) < 4.78 is 24.8. The van der Waals surface area contributed by atoms with Gasteiger partial charge in [0.15, 0.2) is 0 Å². The van der Waals surface area contributed by atoms with Crippen molar-refractivity contribution in [3.05, 3.63) is 27.4 Å². The second-order valence-electron chi connectivity index (χ2n) is 7.15. The van der Waals surface area contributed by atoms with Crippen molar-refractivity contribution in [3.8, 4) is 0 Å². The Bertz CT molecular complexity index is 849. The molecule has 1 aromatic heterocycles. The van der Waals surface area contributed by atoms with Crippen LogP contribution in [0.2, 0.25) is 0 Å². The molecule has 0 spiro atoms. The molecule has 0 unspecified atom stereocenters. The van der Waals surface area contributed by atoms with Gasteiger partial charge in [0, 0.05) is 44.9 Å². The lowest BCUT2D eigenvalue weighted by Crippen LogP contribution is -2.41. The van der Waals surface area contributed by atoms with E-state index in [1.54, 1.807) is 0 Å². The predicted octanol–water partition coefficient (Wildman–Crippen LogP) is 0.594. The number of amides is 1. The van der Waals surface area contributed by atoms with Gasteiger partial charge in [-0.3, -0.25) is 9.59 Å². The average Bonchev–Trinajstić information content (AvgIpc) is 2.61. The first-order valence-corrected chi connectivity index (χ1v) is 11.0. The first-order valence-electron chi connectivity index (χ1n) is 9.14. The second-order valence-corrected chi connectivity index (χ2v) is 9.13. The fraction of sp³-hybridized carbons (Fsp3) is 0.706. The molecule has 9 heteroatoms. The summed E-state index contributed by atoms with van der Waals surface area (Å²) in [6.07, 6.45) is 4.73. The highest BCUT2D eigenvalue weighted by molar-refractivity contribution is 7.88. The average molecular weight is 382 g/mol. The van der Waals surface area contributed by atoms with Crippen LogP contribution in [0.5, 0.6) is 0 Å². The number of nitrogens with zero attached hydrogens (tertiary/aromatic N) is 3. The molecule has 1 amide bonds. The molecule has 0 radical (unpaired) electrons. The van der Waals surface area contributed by atoms with Crippen molar-refractivity contribution in [3.63, 3.8) is 0 Å². The van der Waals surface area contributed by atoms with E-state index in [4.69, 9.17) is 0 Å².